The highest BCUT2D eigenvalue weighted by Crippen LogP contribution is 2.32. The Morgan fingerprint density at radius 3 is 1.96 bits per heavy atom. The molecule has 3 aromatic carbocycles. The van der Waals surface area contributed by atoms with E-state index in [9.17, 15) is 4.79 Å². The summed E-state index contributed by atoms with van der Waals surface area (Å²) in [5, 5.41) is 0. The van der Waals surface area contributed by atoms with Gasteiger partial charge < -0.3 is 4.90 Å². The standard InChI is InChI=1S/C24H19NO/c26-24-22(16-19-10-4-1-5-11-19)17-23(21-14-8-3-9-15-21)25(24)18-20-12-6-2-7-13-20/h1-17H,18H2/b22-16+. The second-order valence-electron chi connectivity index (χ2n) is 6.28. The highest BCUT2D eigenvalue weighted by atomic mass is 16.2. The molecule has 0 aromatic heterocycles. The summed E-state index contributed by atoms with van der Waals surface area (Å²) in [7, 11) is 0. The molecular weight excluding hydrogens is 318 g/mol. The Balaban J connectivity index is 1.73. The first-order chi connectivity index (χ1) is 12.8. The van der Waals surface area contributed by atoms with Crippen LogP contribution < -0.4 is 0 Å². The lowest BCUT2D eigenvalue weighted by Crippen LogP contribution is -2.25. The molecule has 0 radical (unpaired) electrons. The number of benzene rings is 3. The van der Waals surface area contributed by atoms with E-state index in [0.717, 1.165) is 22.4 Å². The van der Waals surface area contributed by atoms with Gasteiger partial charge in [0.05, 0.1) is 12.2 Å². The Kier molecular flexibility index (Phi) is 4.48. The average Bonchev–Trinajstić information content (AvgIpc) is 3.00. The summed E-state index contributed by atoms with van der Waals surface area (Å²) in [4.78, 5) is 15.0. The van der Waals surface area contributed by atoms with Gasteiger partial charge in [-0.2, -0.15) is 0 Å². The van der Waals surface area contributed by atoms with Gasteiger partial charge in [0.1, 0.15) is 0 Å². The van der Waals surface area contributed by atoms with Crippen molar-refractivity contribution in [3.8, 4) is 0 Å². The minimum absolute atomic E-state index is 0.0385. The predicted molar refractivity (Wildman–Crippen MR) is 106 cm³/mol. The van der Waals surface area contributed by atoms with Gasteiger partial charge in [0.25, 0.3) is 5.91 Å². The molecule has 0 aliphatic carbocycles. The maximum Gasteiger partial charge on any atom is 0.258 e. The molecule has 0 fully saturated rings. The van der Waals surface area contributed by atoms with Gasteiger partial charge in [0.15, 0.2) is 0 Å². The van der Waals surface area contributed by atoms with Crippen LogP contribution in [0.1, 0.15) is 16.7 Å². The minimum Gasteiger partial charge on any atom is -0.303 e. The number of amides is 1. The zero-order valence-corrected chi connectivity index (χ0v) is 14.4. The molecule has 26 heavy (non-hydrogen) atoms. The van der Waals surface area contributed by atoms with Crippen LogP contribution in [0.15, 0.2) is 103 Å². The van der Waals surface area contributed by atoms with E-state index in [1.54, 1.807) is 0 Å². The Bertz CT molecular complexity index is 957. The molecule has 2 nitrogen and oxygen atoms in total. The summed E-state index contributed by atoms with van der Waals surface area (Å²) in [6.07, 6.45) is 3.95. The lowest BCUT2D eigenvalue weighted by molar-refractivity contribution is -0.123. The van der Waals surface area contributed by atoms with Crippen molar-refractivity contribution in [2.75, 3.05) is 0 Å². The van der Waals surface area contributed by atoms with Crippen molar-refractivity contribution in [3.05, 3.63) is 119 Å². The van der Waals surface area contributed by atoms with E-state index in [0.29, 0.717) is 12.1 Å². The predicted octanol–water partition coefficient (Wildman–Crippen LogP) is 5.15. The lowest BCUT2D eigenvalue weighted by Gasteiger charge is -2.20. The van der Waals surface area contributed by atoms with Gasteiger partial charge in [0, 0.05) is 5.57 Å². The normalized spacial score (nSPS) is 15.4. The number of carbonyl (C=O) groups excluding carboxylic acids is 1. The van der Waals surface area contributed by atoms with Crippen LogP contribution in [0.4, 0.5) is 0 Å². The van der Waals surface area contributed by atoms with Gasteiger partial charge in [-0.25, -0.2) is 0 Å². The fourth-order valence-electron chi connectivity index (χ4n) is 3.16. The van der Waals surface area contributed by atoms with Crippen LogP contribution in [-0.4, -0.2) is 10.8 Å². The van der Waals surface area contributed by atoms with Crippen molar-refractivity contribution in [2.24, 2.45) is 0 Å². The average molecular weight is 337 g/mol. The van der Waals surface area contributed by atoms with Gasteiger partial charge in [-0.15, -0.1) is 0 Å². The van der Waals surface area contributed by atoms with E-state index in [2.05, 4.69) is 12.1 Å². The molecule has 0 N–H and O–H groups in total. The Labute approximate surface area is 153 Å². The first kappa shape index (κ1) is 16.1. The second kappa shape index (κ2) is 7.24. The molecule has 0 unspecified atom stereocenters. The summed E-state index contributed by atoms with van der Waals surface area (Å²) >= 11 is 0. The summed E-state index contributed by atoms with van der Waals surface area (Å²) in [5.74, 6) is 0.0385. The molecule has 4 rings (SSSR count). The van der Waals surface area contributed by atoms with Gasteiger partial charge in [0.2, 0.25) is 0 Å². The lowest BCUT2D eigenvalue weighted by atomic mass is 10.1. The van der Waals surface area contributed by atoms with Crippen LogP contribution in [0, 0.1) is 0 Å². The van der Waals surface area contributed by atoms with E-state index in [1.807, 2.05) is 95.9 Å². The topological polar surface area (TPSA) is 20.3 Å². The number of rotatable bonds is 4. The van der Waals surface area contributed by atoms with E-state index >= 15 is 0 Å². The van der Waals surface area contributed by atoms with Crippen LogP contribution in [0.25, 0.3) is 11.8 Å². The molecule has 1 amide bonds. The van der Waals surface area contributed by atoms with E-state index in [1.165, 1.54) is 0 Å². The Morgan fingerprint density at radius 2 is 1.31 bits per heavy atom. The molecule has 3 aromatic rings. The van der Waals surface area contributed by atoms with Gasteiger partial charge in [-0.1, -0.05) is 91.0 Å². The Hall–Kier alpha value is -3.39. The third kappa shape index (κ3) is 3.35. The smallest absolute Gasteiger partial charge is 0.258 e. The van der Waals surface area contributed by atoms with Crippen molar-refractivity contribution >= 4 is 17.7 Å². The Morgan fingerprint density at radius 1 is 0.731 bits per heavy atom. The van der Waals surface area contributed by atoms with Crippen LogP contribution in [-0.2, 0) is 11.3 Å². The van der Waals surface area contributed by atoms with Crippen molar-refractivity contribution < 1.29 is 4.79 Å². The SMILES string of the molecule is O=C1/C(=C/c2ccccc2)C=C(c2ccccc2)N1Cc1ccccc1. The molecule has 1 heterocycles. The summed E-state index contributed by atoms with van der Waals surface area (Å²) in [6, 6.07) is 30.1. The van der Waals surface area contributed by atoms with Gasteiger partial charge >= 0.3 is 0 Å². The largest absolute Gasteiger partial charge is 0.303 e. The zero-order chi connectivity index (χ0) is 17.8. The maximum atomic E-state index is 13.1. The molecular formula is C24H19NO. The van der Waals surface area contributed by atoms with Crippen LogP contribution in [0.3, 0.4) is 0 Å². The number of nitrogens with zero attached hydrogens (tertiary/aromatic N) is 1. The third-order valence-electron chi connectivity index (χ3n) is 4.45. The molecule has 0 atom stereocenters. The summed E-state index contributed by atoms with van der Waals surface area (Å²) in [6.45, 7) is 0.562. The number of hydrogen-bond acceptors (Lipinski definition) is 1. The van der Waals surface area contributed by atoms with Gasteiger partial charge in [-0.05, 0) is 28.8 Å². The van der Waals surface area contributed by atoms with Gasteiger partial charge in [-0.3, -0.25) is 4.79 Å². The molecule has 2 heteroatoms. The molecule has 126 valence electrons. The van der Waals surface area contributed by atoms with Crippen molar-refractivity contribution in [1.29, 1.82) is 0 Å². The highest BCUT2D eigenvalue weighted by molar-refractivity contribution is 6.10. The van der Waals surface area contributed by atoms with Crippen molar-refractivity contribution in [1.82, 2.24) is 4.90 Å². The maximum absolute atomic E-state index is 13.1. The van der Waals surface area contributed by atoms with E-state index in [4.69, 9.17) is 0 Å². The number of carbonyl (C=O) groups is 1. The van der Waals surface area contributed by atoms with E-state index < -0.39 is 0 Å². The van der Waals surface area contributed by atoms with Crippen LogP contribution in [0.5, 0.6) is 0 Å². The quantitative estimate of drug-likeness (QED) is 0.603. The first-order valence-electron chi connectivity index (χ1n) is 8.71. The highest BCUT2D eigenvalue weighted by Gasteiger charge is 2.28. The molecule has 0 spiro atoms. The van der Waals surface area contributed by atoms with Crippen LogP contribution in [0.2, 0.25) is 0 Å². The minimum atomic E-state index is 0.0385. The molecule has 1 aliphatic heterocycles. The second-order valence-corrected chi connectivity index (χ2v) is 6.28. The first-order valence-corrected chi connectivity index (χ1v) is 8.71. The molecule has 0 saturated carbocycles. The van der Waals surface area contributed by atoms with Crippen molar-refractivity contribution in [3.63, 3.8) is 0 Å². The zero-order valence-electron chi connectivity index (χ0n) is 14.4. The fraction of sp³-hybridized carbons (Fsp3) is 0.0417. The monoisotopic (exact) mass is 337 g/mol. The molecule has 0 bridgehead atoms. The fourth-order valence-corrected chi connectivity index (χ4v) is 3.16. The summed E-state index contributed by atoms with van der Waals surface area (Å²) < 4.78 is 0. The van der Waals surface area contributed by atoms with E-state index in [-0.39, 0.29) is 5.91 Å². The number of hydrogen-bond donors (Lipinski definition) is 0. The summed E-state index contributed by atoms with van der Waals surface area (Å²) in [5.41, 5.74) is 4.85. The third-order valence-corrected chi connectivity index (χ3v) is 4.45. The molecule has 1 aliphatic rings. The van der Waals surface area contributed by atoms with Crippen LogP contribution >= 0.6 is 0 Å². The van der Waals surface area contributed by atoms with Crippen molar-refractivity contribution in [2.45, 2.75) is 6.54 Å². The molecule has 0 saturated heterocycles.